The zero-order valence-electron chi connectivity index (χ0n) is 20.1. The van der Waals surface area contributed by atoms with Crippen LogP contribution in [-0.2, 0) is 19.1 Å². The van der Waals surface area contributed by atoms with Gasteiger partial charge in [-0.3, -0.25) is 19.3 Å². The number of nitrogens with two attached hydrogens (primary N) is 1. The lowest BCUT2D eigenvalue weighted by atomic mass is 10.0. The number of rotatable bonds is 7. The fraction of sp³-hybridized carbons (Fsp3) is 0.476. The summed E-state index contributed by atoms with van der Waals surface area (Å²) >= 11 is 2.03. The van der Waals surface area contributed by atoms with Crippen LogP contribution < -0.4 is 16.4 Å². The van der Waals surface area contributed by atoms with E-state index in [0.29, 0.717) is 37.1 Å². The van der Waals surface area contributed by atoms with Crippen molar-refractivity contribution in [3.8, 4) is 0 Å². The number of aromatic nitrogens is 2. The molecule has 16 nitrogen and oxygen atoms in total. The molecule has 1 aromatic heterocycles. The van der Waals surface area contributed by atoms with Gasteiger partial charge in [-0.1, -0.05) is 5.16 Å². The fourth-order valence-corrected chi connectivity index (χ4v) is 6.63. The van der Waals surface area contributed by atoms with Gasteiger partial charge < -0.3 is 41.4 Å². The van der Waals surface area contributed by atoms with Crippen molar-refractivity contribution >= 4 is 58.0 Å². The van der Waals surface area contributed by atoms with E-state index in [1.165, 1.54) is 11.8 Å². The number of oxime groups is 1. The summed E-state index contributed by atoms with van der Waals surface area (Å²) in [5, 5.41) is 35.8. The number of carbonyl (C=O) groups is 4. The van der Waals surface area contributed by atoms with Gasteiger partial charge in [0.25, 0.3) is 11.8 Å². The number of anilines is 1. The van der Waals surface area contributed by atoms with Crippen LogP contribution in [0.2, 0.25) is 0 Å². The first kappa shape index (κ1) is 26.9. The minimum absolute atomic E-state index is 0.0157. The van der Waals surface area contributed by atoms with Gasteiger partial charge in [-0.15, -0.1) is 11.8 Å². The molecule has 3 amide bonds. The van der Waals surface area contributed by atoms with Crippen molar-refractivity contribution in [1.82, 2.24) is 29.8 Å². The molecule has 18 heteroatoms. The maximum absolute atomic E-state index is 13.1. The summed E-state index contributed by atoms with van der Waals surface area (Å²) in [4.78, 5) is 56.9. The minimum Gasteiger partial charge on any atom is -0.449 e. The van der Waals surface area contributed by atoms with Gasteiger partial charge in [0.1, 0.15) is 11.4 Å². The molecule has 208 valence electrons. The summed E-state index contributed by atoms with van der Waals surface area (Å²) in [5.74, 6) is -2.01. The highest BCUT2D eigenvalue weighted by Crippen LogP contribution is 2.41. The molecule has 5 rings (SSSR count). The largest absolute Gasteiger partial charge is 0.512 e. The summed E-state index contributed by atoms with van der Waals surface area (Å²) in [6.45, 7) is 1.04. The molecule has 0 radical (unpaired) electrons. The first-order valence-electron chi connectivity index (χ1n) is 11.8. The number of thioether (sulfide) groups is 1. The Balaban J connectivity index is 1.32. The second-order valence-corrected chi connectivity index (χ2v) is 10.9. The molecule has 0 spiro atoms. The van der Waals surface area contributed by atoms with Crippen LogP contribution in [0.4, 0.5) is 9.93 Å². The number of carboxylic acid groups (broad SMARTS) is 1. The smallest absolute Gasteiger partial charge is 0.449 e. The Hall–Kier alpha value is -3.74. The van der Waals surface area contributed by atoms with Crippen molar-refractivity contribution in [2.45, 2.75) is 36.3 Å². The molecule has 0 aromatic carbocycles. The number of hydrogen-bond donors (Lipinski definition) is 6. The molecule has 1 aromatic rings. The molecule has 4 aliphatic heterocycles. The number of nitrogens with one attached hydrogen (secondary N) is 2. The highest BCUT2D eigenvalue weighted by molar-refractivity contribution is 8.00. The third-order valence-electron chi connectivity index (χ3n) is 6.75. The molecule has 0 saturated carbocycles. The normalized spacial score (nSPS) is 28.1. The predicted octanol–water partition coefficient (Wildman–Crippen LogP) is -1.51. The van der Waals surface area contributed by atoms with Gasteiger partial charge in [-0.05, 0) is 18.9 Å². The molecule has 2 unspecified atom stereocenters. The maximum atomic E-state index is 13.1. The lowest BCUT2D eigenvalue weighted by molar-refractivity contribution is -0.148. The molecule has 0 bridgehead atoms. The number of likely N-dealkylation sites (tertiary alicyclic amines) is 1. The van der Waals surface area contributed by atoms with E-state index >= 15 is 0 Å². The van der Waals surface area contributed by atoms with Crippen LogP contribution in [0.25, 0.3) is 0 Å². The summed E-state index contributed by atoms with van der Waals surface area (Å²) < 4.78 is 8.79. The molecular formula is C21H24N8O8S2. The molecule has 3 fully saturated rings. The number of carbonyl (C=O) groups excluding carboxylic acids is 3. The van der Waals surface area contributed by atoms with Gasteiger partial charge in [0.05, 0.1) is 6.61 Å². The van der Waals surface area contributed by atoms with E-state index in [2.05, 4.69) is 25.1 Å². The zero-order valence-corrected chi connectivity index (χ0v) is 21.8. The summed E-state index contributed by atoms with van der Waals surface area (Å²) in [5.41, 5.74) is 5.78. The number of β-lactam (4-membered cyclic amide) rings is 1. The van der Waals surface area contributed by atoms with Gasteiger partial charge >= 0.3 is 6.16 Å². The highest BCUT2D eigenvalue weighted by atomic mass is 32.2. The topological polar surface area (TPSA) is 233 Å². The number of nitrogens with zero attached hydrogens (tertiary/aromatic N) is 5. The zero-order chi connectivity index (χ0) is 27.8. The van der Waals surface area contributed by atoms with Gasteiger partial charge in [0.2, 0.25) is 23.3 Å². The first-order valence-corrected chi connectivity index (χ1v) is 13.6. The third-order valence-corrected chi connectivity index (χ3v) is 8.60. The van der Waals surface area contributed by atoms with Gasteiger partial charge in [0, 0.05) is 53.6 Å². The first-order chi connectivity index (χ1) is 18.7. The van der Waals surface area contributed by atoms with E-state index in [9.17, 15) is 34.6 Å². The van der Waals surface area contributed by atoms with Crippen molar-refractivity contribution in [3.05, 3.63) is 28.9 Å². The summed E-state index contributed by atoms with van der Waals surface area (Å²) in [6, 6.07) is -1.20. The van der Waals surface area contributed by atoms with Crippen LogP contribution in [0.1, 0.15) is 18.7 Å². The van der Waals surface area contributed by atoms with Crippen molar-refractivity contribution in [1.29, 1.82) is 0 Å². The monoisotopic (exact) mass is 580 g/mol. The number of amides is 3. The van der Waals surface area contributed by atoms with Crippen molar-refractivity contribution in [3.63, 3.8) is 0 Å². The Morgan fingerprint density at radius 3 is 2.79 bits per heavy atom. The second kappa shape index (κ2) is 10.8. The summed E-state index contributed by atoms with van der Waals surface area (Å²) in [7, 11) is 0. The molecule has 0 aliphatic carbocycles. The average molecular weight is 581 g/mol. The quantitative estimate of drug-likeness (QED) is 0.0538. The molecular weight excluding hydrogens is 556 g/mol. The van der Waals surface area contributed by atoms with Crippen molar-refractivity contribution in [2.75, 3.05) is 31.2 Å². The molecule has 4 atom stereocenters. The van der Waals surface area contributed by atoms with E-state index in [1.807, 2.05) is 0 Å². The average Bonchev–Trinajstić information content (AvgIpc) is 3.64. The number of aliphatic hydroxyl groups excluding tert-OH is 1. The second-order valence-electron chi connectivity index (χ2n) is 9.06. The molecule has 5 heterocycles. The number of ether oxygens (including phenoxy) is 1. The summed E-state index contributed by atoms with van der Waals surface area (Å²) in [6.07, 6.45) is 0.985. The van der Waals surface area contributed by atoms with Crippen LogP contribution in [0.3, 0.4) is 0 Å². The lowest BCUT2D eigenvalue weighted by Gasteiger charge is -2.48. The predicted molar refractivity (Wildman–Crippen MR) is 135 cm³/mol. The third kappa shape index (κ3) is 5.02. The number of allylic oxidation sites excluding steroid dienone is 1. The highest BCUT2D eigenvalue weighted by Gasteiger charge is 2.54. The van der Waals surface area contributed by atoms with E-state index in [4.69, 9.17) is 10.5 Å². The Morgan fingerprint density at radius 2 is 2.15 bits per heavy atom. The van der Waals surface area contributed by atoms with Crippen molar-refractivity contribution < 1.29 is 39.3 Å². The number of aliphatic hydroxyl groups is 1. The van der Waals surface area contributed by atoms with E-state index in [1.54, 1.807) is 11.0 Å². The lowest BCUT2D eigenvalue weighted by Crippen LogP contribution is -2.70. The van der Waals surface area contributed by atoms with E-state index < -0.39 is 35.1 Å². The van der Waals surface area contributed by atoms with Crippen LogP contribution >= 0.6 is 23.3 Å². The number of nitrogen functional groups attached to an aromatic ring is 1. The van der Waals surface area contributed by atoms with Crippen LogP contribution in [-0.4, -0.2) is 113 Å². The van der Waals surface area contributed by atoms with Crippen LogP contribution in [0, 0.1) is 0 Å². The number of hydrogen-bond acceptors (Lipinski definition) is 14. The minimum atomic E-state index is -1.64. The van der Waals surface area contributed by atoms with Gasteiger partial charge in [0.15, 0.2) is 5.13 Å². The standard InChI is InChI=1S/C21H24N8O8S2/c22-20-25-14(27-39-20)12(26-36)15(31)24-13-17(33)29-18(37-21(34)35)9(7-38-19(13)29)3-8-1-2-28(16(8)32)11-4-10(6-30)23-5-11/h3,10-11,13,19,23,30,36H,1-2,4-7H2,(H,24,31)(H,34,35)(H2,22,25,27)/b8-3+,26-12-/t10?,11?,13-,19-/m1/s1. The van der Waals surface area contributed by atoms with Gasteiger partial charge in [-0.2, -0.15) is 9.36 Å². The van der Waals surface area contributed by atoms with E-state index in [0.717, 1.165) is 16.4 Å². The Labute approximate surface area is 228 Å². The number of fused-ring (bicyclic) bond motifs is 1. The van der Waals surface area contributed by atoms with Crippen LogP contribution in [0.5, 0.6) is 0 Å². The molecule has 7 N–H and O–H groups in total. The Morgan fingerprint density at radius 1 is 1.36 bits per heavy atom. The van der Waals surface area contributed by atoms with Crippen LogP contribution in [0.15, 0.2) is 28.3 Å². The van der Waals surface area contributed by atoms with Crippen molar-refractivity contribution in [2.24, 2.45) is 5.16 Å². The fourth-order valence-electron chi connectivity index (χ4n) is 4.91. The Bertz CT molecular complexity index is 1310. The maximum Gasteiger partial charge on any atom is 0.512 e. The SMILES string of the molecule is Nc1nc(/C(=N/O)C(=O)N[C@@H]2C(=O)N3C(OC(=O)O)=C(/C=C4\CCN(C5CNC(CO)C5)C4=O)CS[C@H]23)ns1. The molecule has 3 saturated heterocycles. The molecule has 39 heavy (non-hydrogen) atoms. The molecule has 4 aliphatic rings. The van der Waals surface area contributed by atoms with E-state index in [-0.39, 0.29) is 47.2 Å². The Kier molecular flexibility index (Phi) is 7.43. The van der Waals surface area contributed by atoms with Gasteiger partial charge in [-0.25, -0.2) is 4.79 Å².